The lowest BCUT2D eigenvalue weighted by Gasteiger charge is -2.23. The SMILES string of the molecule is COc1cccc2c1C(=O)c1c(cc(O)c(C(=O)O)c1C(=O)c1c(O)cccc1C(=O)CCCCC(=O)O)C2=O. The second-order valence-corrected chi connectivity index (χ2v) is 8.97. The smallest absolute Gasteiger partial charge is 0.340 e. The number of ether oxygens (including phenoxy) is 1. The van der Waals surface area contributed by atoms with E-state index < -0.39 is 74.4 Å². The van der Waals surface area contributed by atoms with Gasteiger partial charge in [-0.25, -0.2) is 4.79 Å². The van der Waals surface area contributed by atoms with Crippen LogP contribution in [0.15, 0.2) is 42.5 Å². The van der Waals surface area contributed by atoms with Crippen LogP contribution in [-0.2, 0) is 4.79 Å². The van der Waals surface area contributed by atoms with E-state index in [0.717, 1.165) is 12.1 Å². The van der Waals surface area contributed by atoms with E-state index in [2.05, 4.69) is 0 Å². The van der Waals surface area contributed by atoms with Crippen molar-refractivity contribution in [2.24, 2.45) is 0 Å². The van der Waals surface area contributed by atoms with Gasteiger partial charge in [-0.3, -0.25) is 24.0 Å². The molecule has 204 valence electrons. The maximum Gasteiger partial charge on any atom is 0.340 e. The Kier molecular flexibility index (Phi) is 7.49. The number of carboxylic acid groups (broad SMARTS) is 2. The molecule has 0 spiro atoms. The topological polar surface area (TPSA) is 193 Å². The predicted molar refractivity (Wildman–Crippen MR) is 137 cm³/mol. The van der Waals surface area contributed by atoms with E-state index >= 15 is 0 Å². The molecule has 0 saturated heterocycles. The Morgan fingerprint density at radius 2 is 1.43 bits per heavy atom. The van der Waals surface area contributed by atoms with E-state index in [9.17, 15) is 44.1 Å². The number of Topliss-reactive ketones (excluding diaryl/α,β-unsaturated/α-hetero) is 1. The van der Waals surface area contributed by atoms with Gasteiger partial charge in [-0.05, 0) is 31.0 Å². The molecule has 4 rings (SSSR count). The molecule has 1 aliphatic rings. The van der Waals surface area contributed by atoms with Crippen LogP contribution in [0.1, 0.15) is 94.2 Å². The van der Waals surface area contributed by atoms with E-state index in [-0.39, 0.29) is 48.1 Å². The summed E-state index contributed by atoms with van der Waals surface area (Å²) in [4.78, 5) is 77.2. The summed E-state index contributed by atoms with van der Waals surface area (Å²) in [5, 5.41) is 40.0. The highest BCUT2D eigenvalue weighted by atomic mass is 16.5. The molecular weight excluding hydrogens is 524 g/mol. The van der Waals surface area contributed by atoms with E-state index in [4.69, 9.17) is 9.84 Å². The maximum atomic E-state index is 14.0. The standard InChI is InChI=1S/C29H22O11/c1-40-19-10-5-7-14-22(19)28(37)23-15(26(14)35)12-18(32)24(29(38)39)25(23)27(36)21-13(6-4-9-17(21)31)16(30)8-2-3-11-20(33)34/h4-7,9-10,12,31-32H,2-3,8,11H2,1H3,(H,33,34)(H,38,39). The van der Waals surface area contributed by atoms with Crippen molar-refractivity contribution in [1.29, 1.82) is 0 Å². The molecule has 0 bridgehead atoms. The first kappa shape index (κ1) is 27.7. The summed E-state index contributed by atoms with van der Waals surface area (Å²) < 4.78 is 5.22. The molecule has 0 heterocycles. The van der Waals surface area contributed by atoms with Crippen molar-refractivity contribution in [3.05, 3.63) is 87.0 Å². The van der Waals surface area contributed by atoms with E-state index in [1.54, 1.807) is 0 Å². The van der Waals surface area contributed by atoms with Gasteiger partial charge in [0.2, 0.25) is 0 Å². The van der Waals surface area contributed by atoms with Gasteiger partial charge in [-0.15, -0.1) is 0 Å². The third-order valence-corrected chi connectivity index (χ3v) is 6.55. The van der Waals surface area contributed by atoms with Gasteiger partial charge in [0.15, 0.2) is 23.1 Å². The minimum atomic E-state index is -1.80. The predicted octanol–water partition coefficient (Wildman–Crippen LogP) is 3.64. The quantitative estimate of drug-likeness (QED) is 0.168. The van der Waals surface area contributed by atoms with Crippen LogP contribution in [0, 0.1) is 0 Å². The third-order valence-electron chi connectivity index (χ3n) is 6.55. The van der Waals surface area contributed by atoms with Gasteiger partial charge in [0.25, 0.3) is 0 Å². The van der Waals surface area contributed by atoms with E-state index in [1.807, 2.05) is 0 Å². The summed E-state index contributed by atoms with van der Waals surface area (Å²) in [5.41, 5.74) is -4.17. The summed E-state index contributed by atoms with van der Waals surface area (Å²) in [6.07, 6.45) is -0.0509. The van der Waals surface area contributed by atoms with Crippen LogP contribution < -0.4 is 4.74 Å². The van der Waals surface area contributed by atoms with Gasteiger partial charge in [-0.2, -0.15) is 0 Å². The number of phenols is 2. The molecule has 0 fully saturated rings. The number of carbonyl (C=O) groups excluding carboxylic acids is 4. The van der Waals surface area contributed by atoms with Crippen molar-refractivity contribution in [3.8, 4) is 17.2 Å². The number of fused-ring (bicyclic) bond motifs is 2. The molecule has 0 aromatic heterocycles. The largest absolute Gasteiger partial charge is 0.507 e. The Hall–Kier alpha value is -5.32. The van der Waals surface area contributed by atoms with Crippen molar-refractivity contribution in [1.82, 2.24) is 0 Å². The highest BCUT2D eigenvalue weighted by Gasteiger charge is 2.40. The lowest BCUT2D eigenvalue weighted by atomic mass is 9.77. The summed E-state index contributed by atoms with van der Waals surface area (Å²) in [5.74, 6) is -8.17. The van der Waals surface area contributed by atoms with Crippen LogP contribution in [0.5, 0.6) is 17.2 Å². The monoisotopic (exact) mass is 546 g/mol. The highest BCUT2D eigenvalue weighted by molar-refractivity contribution is 6.35. The number of phenolic OH excluding ortho intramolecular Hbond substituents is 1. The third kappa shape index (κ3) is 4.68. The summed E-state index contributed by atoms with van der Waals surface area (Å²) in [6.45, 7) is 0. The molecule has 0 aliphatic heterocycles. The minimum absolute atomic E-state index is 0.00960. The highest BCUT2D eigenvalue weighted by Crippen LogP contribution is 2.40. The van der Waals surface area contributed by atoms with Gasteiger partial charge in [-0.1, -0.05) is 24.3 Å². The summed E-state index contributed by atoms with van der Waals surface area (Å²) >= 11 is 0. The van der Waals surface area contributed by atoms with Crippen LogP contribution in [0.4, 0.5) is 0 Å². The van der Waals surface area contributed by atoms with Gasteiger partial charge >= 0.3 is 11.9 Å². The molecule has 40 heavy (non-hydrogen) atoms. The number of ketones is 4. The van der Waals surface area contributed by atoms with Gasteiger partial charge in [0, 0.05) is 35.1 Å². The van der Waals surface area contributed by atoms with Crippen molar-refractivity contribution in [2.75, 3.05) is 7.11 Å². The first-order chi connectivity index (χ1) is 19.0. The van der Waals surface area contributed by atoms with Crippen LogP contribution in [0.3, 0.4) is 0 Å². The zero-order valence-electron chi connectivity index (χ0n) is 21.0. The van der Waals surface area contributed by atoms with Gasteiger partial charge in [0.1, 0.15) is 22.8 Å². The molecule has 0 unspecified atom stereocenters. The molecule has 3 aromatic rings. The van der Waals surface area contributed by atoms with Crippen LogP contribution in [-0.4, -0.2) is 62.6 Å². The molecule has 0 atom stereocenters. The van der Waals surface area contributed by atoms with Crippen molar-refractivity contribution in [2.45, 2.75) is 25.7 Å². The first-order valence-corrected chi connectivity index (χ1v) is 12.0. The van der Waals surface area contributed by atoms with Crippen molar-refractivity contribution >= 4 is 35.1 Å². The number of methoxy groups -OCH3 is 1. The lowest BCUT2D eigenvalue weighted by Crippen LogP contribution is -2.27. The number of hydrogen-bond acceptors (Lipinski definition) is 9. The van der Waals surface area contributed by atoms with Crippen LogP contribution in [0.2, 0.25) is 0 Å². The van der Waals surface area contributed by atoms with Gasteiger partial charge < -0.3 is 25.2 Å². The number of carbonyl (C=O) groups is 6. The Labute approximate surface area is 226 Å². The fraction of sp³-hybridized carbons (Fsp3) is 0.172. The summed E-state index contributed by atoms with van der Waals surface area (Å²) in [7, 11) is 1.25. The average molecular weight is 546 g/mol. The molecule has 0 saturated carbocycles. The number of aromatic carboxylic acids is 1. The number of aliphatic carboxylic acids is 1. The fourth-order valence-corrected chi connectivity index (χ4v) is 4.75. The molecular formula is C29H22O11. The number of rotatable bonds is 10. The maximum absolute atomic E-state index is 14.0. The number of benzene rings is 3. The fourth-order valence-electron chi connectivity index (χ4n) is 4.75. The Balaban J connectivity index is 1.94. The van der Waals surface area contributed by atoms with Gasteiger partial charge in [0.05, 0.1) is 23.8 Å². The Morgan fingerprint density at radius 1 is 0.750 bits per heavy atom. The first-order valence-electron chi connectivity index (χ1n) is 12.0. The lowest BCUT2D eigenvalue weighted by molar-refractivity contribution is -0.137. The minimum Gasteiger partial charge on any atom is -0.507 e. The summed E-state index contributed by atoms with van der Waals surface area (Å²) in [6, 6.07) is 8.57. The van der Waals surface area contributed by atoms with Crippen molar-refractivity contribution in [3.63, 3.8) is 0 Å². The molecule has 4 N–H and O–H groups in total. The molecule has 11 heteroatoms. The Morgan fingerprint density at radius 3 is 2.08 bits per heavy atom. The molecule has 3 aromatic carbocycles. The average Bonchev–Trinajstić information content (AvgIpc) is 2.91. The zero-order valence-corrected chi connectivity index (χ0v) is 21.0. The zero-order chi connectivity index (χ0) is 29.3. The van der Waals surface area contributed by atoms with E-state index in [0.29, 0.717) is 0 Å². The Bertz CT molecular complexity index is 1630. The molecule has 11 nitrogen and oxygen atoms in total. The number of hydrogen-bond donors (Lipinski definition) is 4. The molecule has 0 amide bonds. The van der Waals surface area contributed by atoms with Crippen LogP contribution >= 0.6 is 0 Å². The molecule has 1 aliphatic carbocycles. The number of carboxylic acids is 2. The second-order valence-electron chi connectivity index (χ2n) is 8.97. The molecule has 0 radical (unpaired) electrons. The van der Waals surface area contributed by atoms with E-state index in [1.165, 1.54) is 37.4 Å². The number of unbranched alkanes of at least 4 members (excludes halogenated alkanes) is 1. The normalized spacial score (nSPS) is 11.9. The number of aromatic hydroxyl groups is 2. The van der Waals surface area contributed by atoms with Crippen LogP contribution in [0.25, 0.3) is 0 Å². The van der Waals surface area contributed by atoms with Crippen molar-refractivity contribution < 1.29 is 53.9 Å². The second kappa shape index (κ2) is 10.8.